The van der Waals surface area contributed by atoms with Gasteiger partial charge >= 0.3 is 7.12 Å². The Hall–Kier alpha value is -1.65. The molecule has 8 nitrogen and oxygen atoms in total. The fraction of sp³-hybridized carbons (Fsp3) is 0.533. The zero-order valence-electron chi connectivity index (χ0n) is 13.1. The first kappa shape index (κ1) is 17.2. The van der Waals surface area contributed by atoms with E-state index >= 15 is 0 Å². The van der Waals surface area contributed by atoms with E-state index in [-0.39, 0.29) is 18.4 Å². The summed E-state index contributed by atoms with van der Waals surface area (Å²) in [5.41, 5.74) is -0.831. The van der Waals surface area contributed by atoms with Gasteiger partial charge in [0.2, 0.25) is 12.2 Å². The summed E-state index contributed by atoms with van der Waals surface area (Å²) in [6, 6.07) is 5.54. The molecule has 24 heavy (non-hydrogen) atoms. The molecule has 130 valence electrons. The Kier molecular flexibility index (Phi) is 4.54. The number of hydrogen-bond donors (Lipinski definition) is 5. The van der Waals surface area contributed by atoms with E-state index in [9.17, 15) is 15.0 Å². The van der Waals surface area contributed by atoms with Gasteiger partial charge < -0.3 is 35.1 Å². The van der Waals surface area contributed by atoms with Gasteiger partial charge in [-0.3, -0.25) is 4.79 Å². The van der Waals surface area contributed by atoms with Crippen molar-refractivity contribution in [1.29, 1.82) is 0 Å². The topological polar surface area (TPSA) is 128 Å². The Morgan fingerprint density at radius 2 is 2.08 bits per heavy atom. The fourth-order valence-electron chi connectivity index (χ4n) is 3.21. The Balaban J connectivity index is 1.77. The van der Waals surface area contributed by atoms with Crippen molar-refractivity contribution in [2.24, 2.45) is 5.92 Å². The fourth-order valence-corrected chi connectivity index (χ4v) is 3.21. The van der Waals surface area contributed by atoms with Gasteiger partial charge in [0.15, 0.2) is 0 Å². The molecule has 0 spiro atoms. The lowest BCUT2D eigenvalue weighted by atomic mass is 9.80. The number of aliphatic hydroxyl groups is 2. The van der Waals surface area contributed by atoms with Gasteiger partial charge in [-0.25, -0.2) is 0 Å². The highest BCUT2D eigenvalue weighted by Gasteiger charge is 2.67. The summed E-state index contributed by atoms with van der Waals surface area (Å²) < 4.78 is 11.4. The average molecular weight is 337 g/mol. The number of hydrogen-bond acceptors (Lipinski definition) is 7. The van der Waals surface area contributed by atoms with Crippen LogP contribution in [0.3, 0.4) is 0 Å². The van der Waals surface area contributed by atoms with Gasteiger partial charge in [0.05, 0.1) is 18.2 Å². The van der Waals surface area contributed by atoms with Crippen LogP contribution >= 0.6 is 0 Å². The third-order valence-electron chi connectivity index (χ3n) is 4.58. The minimum absolute atomic E-state index is 0.254. The monoisotopic (exact) mass is 337 g/mol. The molecule has 1 amide bonds. The zero-order chi connectivity index (χ0) is 17.5. The van der Waals surface area contributed by atoms with E-state index in [1.165, 1.54) is 19.1 Å². The maximum absolute atomic E-state index is 11.4. The Bertz CT molecular complexity index is 610. The molecule has 0 radical (unpaired) electrons. The van der Waals surface area contributed by atoms with Crippen molar-refractivity contribution in [3.8, 4) is 5.75 Å². The first-order valence-electron chi connectivity index (χ1n) is 7.73. The molecule has 1 aromatic carbocycles. The molecule has 3 rings (SSSR count). The summed E-state index contributed by atoms with van der Waals surface area (Å²) in [6.07, 6.45) is -1.24. The number of aliphatic hydroxyl groups excluding tert-OH is 1. The lowest BCUT2D eigenvalue weighted by Crippen LogP contribution is -2.58. The molecular weight excluding hydrogens is 317 g/mol. The first-order valence-corrected chi connectivity index (χ1v) is 7.73. The van der Waals surface area contributed by atoms with Crippen LogP contribution in [0.25, 0.3) is 0 Å². The maximum Gasteiger partial charge on any atom is 0.488 e. The Labute approximate surface area is 139 Å². The predicted molar refractivity (Wildman–Crippen MR) is 83.3 cm³/mol. The quantitative estimate of drug-likeness (QED) is 0.383. The Morgan fingerprint density at radius 1 is 1.42 bits per heavy atom. The van der Waals surface area contributed by atoms with E-state index in [0.717, 1.165) is 0 Å². The lowest BCUT2D eigenvalue weighted by molar-refractivity contribution is -0.215. The third kappa shape index (κ3) is 3.13. The van der Waals surface area contributed by atoms with Gasteiger partial charge in [0.1, 0.15) is 11.9 Å². The van der Waals surface area contributed by atoms with Crippen LogP contribution in [-0.4, -0.2) is 63.9 Å². The summed E-state index contributed by atoms with van der Waals surface area (Å²) in [7, 11) is -1.57. The number of amides is 1. The van der Waals surface area contributed by atoms with Gasteiger partial charge in [-0.15, -0.1) is 0 Å². The molecule has 5 N–H and O–H groups in total. The van der Waals surface area contributed by atoms with Crippen molar-refractivity contribution in [2.75, 3.05) is 6.61 Å². The van der Waals surface area contributed by atoms with Crippen LogP contribution in [0.2, 0.25) is 0 Å². The van der Waals surface area contributed by atoms with Crippen molar-refractivity contribution in [2.45, 2.75) is 37.4 Å². The molecule has 1 aliphatic carbocycles. The molecule has 3 unspecified atom stereocenters. The van der Waals surface area contributed by atoms with E-state index in [1.54, 1.807) is 12.1 Å². The molecular formula is C15H20BNO7. The number of ether oxygens (including phenoxy) is 2. The summed E-state index contributed by atoms with van der Waals surface area (Å²) in [5.74, 6) is -0.119. The van der Waals surface area contributed by atoms with Gasteiger partial charge in [-0.1, -0.05) is 12.1 Å². The summed E-state index contributed by atoms with van der Waals surface area (Å²) in [5, 5.41) is 40.8. The molecule has 2 fully saturated rings. The van der Waals surface area contributed by atoms with Crippen LogP contribution in [-0.2, 0) is 9.53 Å². The maximum atomic E-state index is 11.4. The van der Waals surface area contributed by atoms with Gasteiger partial charge in [-0.05, 0) is 24.0 Å². The van der Waals surface area contributed by atoms with Crippen molar-refractivity contribution in [3.63, 3.8) is 0 Å². The number of carbonyl (C=O) groups is 1. The summed E-state index contributed by atoms with van der Waals surface area (Å²) >= 11 is 0. The molecule has 0 aromatic heterocycles. The molecule has 1 saturated carbocycles. The largest absolute Gasteiger partial charge is 0.488 e. The second kappa shape index (κ2) is 6.34. The highest BCUT2D eigenvalue weighted by Crippen LogP contribution is 2.53. The highest BCUT2D eigenvalue weighted by atomic mass is 16.7. The molecule has 9 heteroatoms. The van der Waals surface area contributed by atoms with Crippen molar-refractivity contribution < 1.29 is 34.5 Å². The van der Waals surface area contributed by atoms with Crippen molar-refractivity contribution >= 4 is 18.5 Å². The van der Waals surface area contributed by atoms with Crippen molar-refractivity contribution in [3.05, 3.63) is 24.3 Å². The van der Waals surface area contributed by atoms with Crippen LogP contribution in [0.5, 0.6) is 5.75 Å². The third-order valence-corrected chi connectivity index (χ3v) is 4.58. The molecule has 1 aliphatic heterocycles. The molecule has 2 aliphatic rings. The van der Waals surface area contributed by atoms with Gasteiger partial charge in [0, 0.05) is 12.8 Å². The van der Waals surface area contributed by atoms with Crippen molar-refractivity contribution in [1.82, 2.24) is 5.32 Å². The standard InChI is InChI=1S/C15H20BNO7/c1-8(19)17-13-11-6-15(11,20)12(7-18)24-14(13)23-10-4-2-9(3-5-10)16(21)22/h2-5,11-14,18,20-22H,6-7H2,1H3,(H,17,19)/t11?,12?,13?,14-,15-/m1/s1. The SMILES string of the molecule is CC(=O)NC1C2C[C@]2(O)C(CO)O[C@H]1Oc1ccc(B(O)O)cc1. The van der Waals surface area contributed by atoms with E-state index in [1.807, 2.05) is 0 Å². The van der Waals surface area contributed by atoms with Crippen LogP contribution in [0.15, 0.2) is 24.3 Å². The second-order valence-electron chi connectivity index (χ2n) is 6.26. The van der Waals surface area contributed by atoms with E-state index in [0.29, 0.717) is 17.6 Å². The first-order chi connectivity index (χ1) is 11.3. The number of rotatable bonds is 5. The van der Waals surface area contributed by atoms with Gasteiger partial charge in [-0.2, -0.15) is 0 Å². The van der Waals surface area contributed by atoms with Crippen LogP contribution in [0.4, 0.5) is 0 Å². The average Bonchev–Trinajstić information content (AvgIpc) is 3.22. The molecule has 1 aromatic rings. The second-order valence-corrected chi connectivity index (χ2v) is 6.26. The zero-order valence-corrected chi connectivity index (χ0v) is 13.1. The summed E-state index contributed by atoms with van der Waals surface area (Å²) in [4.78, 5) is 11.4. The Morgan fingerprint density at radius 3 is 2.62 bits per heavy atom. The minimum Gasteiger partial charge on any atom is -0.463 e. The molecule has 0 bridgehead atoms. The molecule has 1 saturated heterocycles. The summed E-state index contributed by atoms with van der Waals surface area (Å²) in [6.45, 7) is 1.02. The smallest absolute Gasteiger partial charge is 0.463 e. The highest BCUT2D eigenvalue weighted by molar-refractivity contribution is 6.58. The number of nitrogens with one attached hydrogen (secondary N) is 1. The van der Waals surface area contributed by atoms with E-state index in [2.05, 4.69) is 5.32 Å². The van der Waals surface area contributed by atoms with Crippen LogP contribution < -0.4 is 15.5 Å². The lowest BCUT2D eigenvalue weighted by Gasteiger charge is -2.38. The number of benzene rings is 1. The number of carbonyl (C=O) groups excluding carboxylic acids is 1. The molecule has 1 heterocycles. The number of fused-ring (bicyclic) bond motifs is 1. The normalized spacial score (nSPS) is 34.2. The molecule has 5 atom stereocenters. The van der Waals surface area contributed by atoms with Crippen LogP contribution in [0.1, 0.15) is 13.3 Å². The van der Waals surface area contributed by atoms with E-state index in [4.69, 9.17) is 19.5 Å². The van der Waals surface area contributed by atoms with Crippen LogP contribution in [0, 0.1) is 5.92 Å². The van der Waals surface area contributed by atoms with Gasteiger partial charge in [0.25, 0.3) is 0 Å². The minimum atomic E-state index is -1.57. The van der Waals surface area contributed by atoms with E-state index < -0.39 is 31.2 Å². The predicted octanol–water partition coefficient (Wildman–Crippen LogP) is -2.28.